The summed E-state index contributed by atoms with van der Waals surface area (Å²) in [5.74, 6) is 0. The summed E-state index contributed by atoms with van der Waals surface area (Å²) in [7, 11) is 0. The predicted molar refractivity (Wildman–Crippen MR) is 90.6 cm³/mol. The molecular formula is C18H17N3O2. The van der Waals surface area contributed by atoms with Crippen molar-refractivity contribution in [1.29, 1.82) is 0 Å². The van der Waals surface area contributed by atoms with E-state index >= 15 is 0 Å². The summed E-state index contributed by atoms with van der Waals surface area (Å²) in [6, 6.07) is 8.98. The monoisotopic (exact) mass is 307 g/mol. The molecule has 2 heterocycles. The van der Waals surface area contributed by atoms with Gasteiger partial charge in [-0.05, 0) is 38.0 Å². The van der Waals surface area contributed by atoms with E-state index in [0.717, 1.165) is 37.9 Å². The Hall–Kier alpha value is -2.95. The van der Waals surface area contributed by atoms with Crippen molar-refractivity contribution in [3.05, 3.63) is 63.7 Å². The number of primary amides is 1. The smallest absolute Gasteiger partial charge is 0.325 e. The highest BCUT2D eigenvalue weighted by atomic mass is 16.2. The third-order valence-electron chi connectivity index (χ3n) is 4.00. The van der Waals surface area contributed by atoms with Crippen LogP contribution in [0.2, 0.25) is 0 Å². The Morgan fingerprint density at radius 1 is 1.17 bits per heavy atom. The van der Waals surface area contributed by atoms with E-state index in [0.29, 0.717) is 0 Å². The van der Waals surface area contributed by atoms with Crippen molar-refractivity contribution in [1.82, 2.24) is 9.55 Å². The zero-order chi connectivity index (χ0) is 16.7. The minimum Gasteiger partial charge on any atom is -0.351 e. The molecule has 2 aromatic heterocycles. The van der Waals surface area contributed by atoms with Gasteiger partial charge in [-0.15, -0.1) is 0 Å². The first-order chi connectivity index (χ1) is 10.9. The van der Waals surface area contributed by atoms with Crippen LogP contribution in [0, 0.1) is 20.8 Å². The SMILES string of the molecule is Cc1cccc(-c2cn(C(N)=O)c(=O)c3nc(C)c(C)cc23)c1. The van der Waals surface area contributed by atoms with E-state index in [1.807, 2.05) is 51.1 Å². The van der Waals surface area contributed by atoms with Crippen molar-refractivity contribution in [2.75, 3.05) is 0 Å². The van der Waals surface area contributed by atoms with Gasteiger partial charge in [0, 0.05) is 22.8 Å². The molecule has 5 heteroatoms. The zero-order valence-electron chi connectivity index (χ0n) is 13.3. The van der Waals surface area contributed by atoms with Crippen molar-refractivity contribution in [3.63, 3.8) is 0 Å². The highest BCUT2D eigenvalue weighted by molar-refractivity contribution is 5.96. The number of amides is 1. The van der Waals surface area contributed by atoms with Crippen molar-refractivity contribution in [2.24, 2.45) is 5.73 Å². The number of aromatic nitrogens is 2. The maximum Gasteiger partial charge on any atom is 0.325 e. The number of aryl methyl sites for hydroxylation is 3. The van der Waals surface area contributed by atoms with Crippen molar-refractivity contribution in [3.8, 4) is 11.1 Å². The van der Waals surface area contributed by atoms with Crippen LogP contribution >= 0.6 is 0 Å². The van der Waals surface area contributed by atoms with Gasteiger partial charge in [-0.3, -0.25) is 4.79 Å². The maximum atomic E-state index is 12.5. The highest BCUT2D eigenvalue weighted by Crippen LogP contribution is 2.28. The second kappa shape index (κ2) is 5.35. The van der Waals surface area contributed by atoms with E-state index in [1.54, 1.807) is 0 Å². The molecular weight excluding hydrogens is 290 g/mol. The van der Waals surface area contributed by atoms with Gasteiger partial charge in [0.15, 0.2) is 0 Å². The lowest BCUT2D eigenvalue weighted by Crippen LogP contribution is -2.32. The van der Waals surface area contributed by atoms with Gasteiger partial charge in [0.05, 0.1) is 0 Å². The first-order valence-corrected chi connectivity index (χ1v) is 7.29. The van der Waals surface area contributed by atoms with E-state index in [2.05, 4.69) is 4.98 Å². The van der Waals surface area contributed by atoms with Crippen molar-refractivity contribution < 1.29 is 4.79 Å². The van der Waals surface area contributed by atoms with Crippen LogP contribution in [0.5, 0.6) is 0 Å². The number of hydrogen-bond acceptors (Lipinski definition) is 3. The van der Waals surface area contributed by atoms with Crippen LogP contribution in [0.3, 0.4) is 0 Å². The molecule has 5 nitrogen and oxygen atoms in total. The molecule has 23 heavy (non-hydrogen) atoms. The van der Waals surface area contributed by atoms with Gasteiger partial charge in [0.2, 0.25) is 0 Å². The van der Waals surface area contributed by atoms with E-state index in [-0.39, 0.29) is 5.52 Å². The Morgan fingerprint density at radius 3 is 2.57 bits per heavy atom. The van der Waals surface area contributed by atoms with Crippen LogP contribution in [-0.2, 0) is 0 Å². The number of hydrogen-bond donors (Lipinski definition) is 1. The number of carbonyl (C=O) groups is 1. The topological polar surface area (TPSA) is 78.0 Å². The lowest BCUT2D eigenvalue weighted by atomic mass is 9.99. The highest BCUT2D eigenvalue weighted by Gasteiger charge is 2.15. The summed E-state index contributed by atoms with van der Waals surface area (Å²) in [6.45, 7) is 5.77. The van der Waals surface area contributed by atoms with E-state index < -0.39 is 11.6 Å². The second-order valence-corrected chi connectivity index (χ2v) is 5.71. The van der Waals surface area contributed by atoms with E-state index in [9.17, 15) is 9.59 Å². The lowest BCUT2D eigenvalue weighted by molar-refractivity contribution is 0.249. The van der Waals surface area contributed by atoms with Crippen molar-refractivity contribution in [2.45, 2.75) is 20.8 Å². The van der Waals surface area contributed by atoms with Crippen LogP contribution < -0.4 is 11.3 Å². The molecule has 0 spiro atoms. The molecule has 0 saturated heterocycles. The number of nitrogens with zero attached hydrogens (tertiary/aromatic N) is 2. The Labute approximate surface area is 133 Å². The Balaban J connectivity index is 2.49. The van der Waals surface area contributed by atoms with Crippen LogP contribution in [0.25, 0.3) is 22.0 Å². The second-order valence-electron chi connectivity index (χ2n) is 5.71. The minimum atomic E-state index is -0.814. The number of rotatable bonds is 1. The fraction of sp³-hybridized carbons (Fsp3) is 0.167. The molecule has 0 atom stereocenters. The van der Waals surface area contributed by atoms with E-state index in [1.165, 1.54) is 6.20 Å². The quantitative estimate of drug-likeness (QED) is 0.751. The standard InChI is InChI=1S/C18H17N3O2/c1-10-5-4-6-13(7-10)15-9-21(18(19)23)17(22)16-14(15)8-11(2)12(3)20-16/h4-9H,1-3H3,(H2,19,23). The average Bonchev–Trinajstić information content (AvgIpc) is 2.49. The Morgan fingerprint density at radius 2 is 1.91 bits per heavy atom. The number of carbonyl (C=O) groups excluding carboxylic acids is 1. The van der Waals surface area contributed by atoms with Crippen LogP contribution in [0.15, 0.2) is 41.3 Å². The summed E-state index contributed by atoms with van der Waals surface area (Å²) >= 11 is 0. The van der Waals surface area contributed by atoms with Gasteiger partial charge in [-0.2, -0.15) is 0 Å². The molecule has 0 fully saturated rings. The number of nitrogens with two attached hydrogens (primary N) is 1. The van der Waals surface area contributed by atoms with Crippen LogP contribution in [-0.4, -0.2) is 15.6 Å². The van der Waals surface area contributed by atoms with E-state index in [4.69, 9.17) is 5.73 Å². The zero-order valence-corrected chi connectivity index (χ0v) is 13.3. The molecule has 0 aliphatic heterocycles. The van der Waals surface area contributed by atoms with Crippen LogP contribution in [0.1, 0.15) is 16.8 Å². The van der Waals surface area contributed by atoms with Gasteiger partial charge in [-0.25, -0.2) is 14.3 Å². The fourth-order valence-corrected chi connectivity index (χ4v) is 2.65. The largest absolute Gasteiger partial charge is 0.351 e. The number of fused-ring (bicyclic) bond motifs is 1. The molecule has 116 valence electrons. The summed E-state index contributed by atoms with van der Waals surface area (Å²) in [5.41, 5.74) is 9.61. The van der Waals surface area contributed by atoms with Gasteiger partial charge >= 0.3 is 6.03 Å². The summed E-state index contributed by atoms with van der Waals surface area (Å²) in [4.78, 5) is 28.5. The summed E-state index contributed by atoms with van der Waals surface area (Å²) < 4.78 is 0.918. The van der Waals surface area contributed by atoms with Crippen LogP contribution in [0.4, 0.5) is 4.79 Å². The molecule has 0 unspecified atom stereocenters. The first kappa shape index (κ1) is 15.0. The normalized spacial score (nSPS) is 10.9. The van der Waals surface area contributed by atoms with Gasteiger partial charge < -0.3 is 5.73 Å². The summed E-state index contributed by atoms with van der Waals surface area (Å²) in [5, 5.41) is 0.723. The average molecular weight is 307 g/mol. The van der Waals surface area contributed by atoms with Gasteiger partial charge in [0.1, 0.15) is 5.52 Å². The Kier molecular flexibility index (Phi) is 3.48. The summed E-state index contributed by atoms with van der Waals surface area (Å²) in [6.07, 6.45) is 1.50. The molecule has 0 aliphatic rings. The molecule has 3 rings (SSSR count). The molecule has 0 saturated carbocycles. The molecule has 2 N–H and O–H groups in total. The lowest BCUT2D eigenvalue weighted by Gasteiger charge is -2.12. The van der Waals surface area contributed by atoms with Gasteiger partial charge in [0.25, 0.3) is 5.56 Å². The Bertz CT molecular complexity index is 1000. The third kappa shape index (κ3) is 2.50. The maximum absolute atomic E-state index is 12.5. The molecule has 1 amide bonds. The first-order valence-electron chi connectivity index (χ1n) is 7.29. The predicted octanol–water partition coefficient (Wildman–Crippen LogP) is 2.92. The molecule has 0 radical (unpaired) electrons. The molecule has 3 aromatic rings. The number of benzene rings is 1. The number of pyridine rings is 2. The molecule has 0 aliphatic carbocycles. The third-order valence-corrected chi connectivity index (χ3v) is 4.00. The van der Waals surface area contributed by atoms with Gasteiger partial charge in [-0.1, -0.05) is 29.8 Å². The van der Waals surface area contributed by atoms with Crippen molar-refractivity contribution >= 4 is 16.9 Å². The minimum absolute atomic E-state index is 0.255. The molecule has 1 aromatic carbocycles. The molecule has 0 bridgehead atoms. The fourth-order valence-electron chi connectivity index (χ4n) is 2.65.